The van der Waals surface area contributed by atoms with Gasteiger partial charge in [-0.25, -0.2) is 15.0 Å². The zero-order valence-corrected chi connectivity index (χ0v) is 19.2. The molecule has 1 fully saturated rings. The topological polar surface area (TPSA) is 144 Å². The van der Waals surface area contributed by atoms with Gasteiger partial charge in [-0.2, -0.15) is 5.10 Å². The summed E-state index contributed by atoms with van der Waals surface area (Å²) in [6.07, 6.45) is 3.72. The van der Waals surface area contributed by atoms with Crippen molar-refractivity contribution in [2.45, 2.75) is 18.6 Å². The molecule has 1 aliphatic rings. The Kier molecular flexibility index (Phi) is 5.97. The van der Waals surface area contributed by atoms with Crippen LogP contribution in [-0.4, -0.2) is 73.1 Å². The van der Waals surface area contributed by atoms with Crippen molar-refractivity contribution >= 4 is 17.7 Å². The number of ether oxygens (including phenoxy) is 1. The van der Waals surface area contributed by atoms with Gasteiger partial charge in [0.05, 0.1) is 30.2 Å². The van der Waals surface area contributed by atoms with Crippen molar-refractivity contribution in [3.05, 3.63) is 54.6 Å². The Labute approximate surface area is 200 Å². The second kappa shape index (κ2) is 9.24. The van der Waals surface area contributed by atoms with Gasteiger partial charge in [-0.15, -0.1) is 0 Å². The number of hydrogen-bond donors (Lipinski definition) is 2. The number of nitrogens with one attached hydrogen (secondary N) is 1. The molecule has 1 saturated heterocycles. The Morgan fingerprint density at radius 3 is 2.74 bits per heavy atom. The quantitative estimate of drug-likeness (QED) is 0.386. The summed E-state index contributed by atoms with van der Waals surface area (Å²) < 4.78 is 12.2. The smallest absolute Gasteiger partial charge is 0.262 e. The lowest BCUT2D eigenvalue weighted by atomic mass is 9.98. The maximum absolute atomic E-state index is 12.4. The molecule has 1 aliphatic heterocycles. The highest BCUT2D eigenvalue weighted by atomic mass is 16.5. The molecule has 0 radical (unpaired) electrons. The highest BCUT2D eigenvalue weighted by Gasteiger charge is 2.48. The number of carbonyl (C=O) groups excluding carboxylic acids is 1. The molecule has 0 spiro atoms. The molecule has 35 heavy (non-hydrogen) atoms. The first-order valence-electron chi connectivity index (χ1n) is 11.0. The van der Waals surface area contributed by atoms with Gasteiger partial charge in [0.25, 0.3) is 5.91 Å². The second-order valence-electron chi connectivity index (χ2n) is 8.17. The molecule has 0 aliphatic carbocycles. The van der Waals surface area contributed by atoms with Crippen LogP contribution in [0.25, 0.3) is 22.8 Å². The molecule has 0 bridgehead atoms. The minimum atomic E-state index is -1.71. The standard InChI is InChI=1S/C23H24N8O4/c1-30-11-8-23(33,21(30)32)19-14-18(29-35-19)16-5-3-4-15(25-16)17-6-9-24-22(26-17)27-20-7-10-31(28-20)12-13-34-2/h3-7,9-10,14,33H,8,11-13H2,1-2H3,(H,24,26,27,28)/t23-/m1/s1. The first kappa shape index (κ1) is 22.6. The minimum absolute atomic E-state index is 0.104. The number of methoxy groups -OCH3 is 1. The third kappa shape index (κ3) is 4.48. The molecule has 0 saturated carbocycles. The molecule has 12 heteroatoms. The van der Waals surface area contributed by atoms with Gasteiger partial charge in [0.2, 0.25) is 11.5 Å². The molecular formula is C23H24N8O4. The summed E-state index contributed by atoms with van der Waals surface area (Å²) in [7, 11) is 3.28. The Balaban J connectivity index is 1.36. The number of aliphatic hydroxyl groups is 1. The predicted octanol–water partition coefficient (Wildman–Crippen LogP) is 1.83. The Hall–Kier alpha value is -4.16. The van der Waals surface area contributed by atoms with Crippen molar-refractivity contribution in [3.8, 4) is 22.8 Å². The van der Waals surface area contributed by atoms with Gasteiger partial charge >= 0.3 is 0 Å². The summed E-state index contributed by atoms with van der Waals surface area (Å²) in [4.78, 5) is 27.3. The van der Waals surface area contributed by atoms with Gasteiger partial charge in [-0.05, 0) is 18.2 Å². The van der Waals surface area contributed by atoms with Crippen LogP contribution in [0.4, 0.5) is 11.8 Å². The van der Waals surface area contributed by atoms with Gasteiger partial charge in [0, 0.05) is 51.6 Å². The zero-order chi connectivity index (χ0) is 24.4. The van der Waals surface area contributed by atoms with Crippen LogP contribution >= 0.6 is 0 Å². The molecule has 180 valence electrons. The van der Waals surface area contributed by atoms with Crippen LogP contribution in [-0.2, 0) is 21.7 Å². The molecule has 5 heterocycles. The van der Waals surface area contributed by atoms with E-state index in [1.165, 1.54) is 4.90 Å². The molecule has 0 aromatic carbocycles. The molecule has 1 atom stereocenters. The summed E-state index contributed by atoms with van der Waals surface area (Å²) in [6.45, 7) is 1.65. The van der Waals surface area contributed by atoms with Crippen molar-refractivity contribution in [2.24, 2.45) is 0 Å². The Morgan fingerprint density at radius 1 is 1.17 bits per heavy atom. The number of carbonyl (C=O) groups is 1. The zero-order valence-electron chi connectivity index (χ0n) is 19.2. The summed E-state index contributed by atoms with van der Waals surface area (Å²) in [6, 6.07) is 10.5. The number of anilines is 2. The fourth-order valence-electron chi connectivity index (χ4n) is 3.81. The molecular weight excluding hydrogens is 452 g/mol. The first-order valence-corrected chi connectivity index (χ1v) is 11.0. The third-order valence-electron chi connectivity index (χ3n) is 5.76. The lowest BCUT2D eigenvalue weighted by Gasteiger charge is -2.16. The van der Waals surface area contributed by atoms with E-state index in [4.69, 9.17) is 9.26 Å². The van der Waals surface area contributed by atoms with E-state index in [0.29, 0.717) is 54.2 Å². The van der Waals surface area contributed by atoms with E-state index >= 15 is 0 Å². The highest BCUT2D eigenvalue weighted by Crippen LogP contribution is 2.34. The second-order valence-corrected chi connectivity index (χ2v) is 8.17. The fourth-order valence-corrected chi connectivity index (χ4v) is 3.81. The largest absolute Gasteiger partial charge is 0.383 e. The highest BCUT2D eigenvalue weighted by molar-refractivity contribution is 5.87. The van der Waals surface area contributed by atoms with Crippen molar-refractivity contribution in [3.63, 3.8) is 0 Å². The van der Waals surface area contributed by atoms with Crippen LogP contribution in [0.3, 0.4) is 0 Å². The fraction of sp³-hybridized carbons (Fsp3) is 0.304. The Morgan fingerprint density at radius 2 is 1.97 bits per heavy atom. The minimum Gasteiger partial charge on any atom is -0.383 e. The van der Waals surface area contributed by atoms with E-state index in [1.807, 2.05) is 24.4 Å². The van der Waals surface area contributed by atoms with Gasteiger partial charge in [0.1, 0.15) is 5.69 Å². The SMILES string of the molecule is COCCn1ccc(Nc2nccc(-c3cccc(-c4cc([C@]5(O)CCN(C)C5=O)on4)n3)n2)n1. The average molecular weight is 476 g/mol. The monoisotopic (exact) mass is 476 g/mol. The number of hydrogen-bond acceptors (Lipinski definition) is 10. The molecule has 1 amide bonds. The molecule has 2 N–H and O–H groups in total. The first-order chi connectivity index (χ1) is 17.0. The van der Waals surface area contributed by atoms with Crippen LogP contribution in [0.15, 0.2) is 53.3 Å². The average Bonchev–Trinajstić information content (AvgIpc) is 3.61. The number of pyridine rings is 1. The molecule has 0 unspecified atom stereocenters. The molecule has 12 nitrogen and oxygen atoms in total. The van der Waals surface area contributed by atoms with Crippen LogP contribution in [0.5, 0.6) is 0 Å². The number of aromatic nitrogens is 6. The van der Waals surface area contributed by atoms with Gasteiger partial charge in [-0.3, -0.25) is 9.48 Å². The number of likely N-dealkylation sites (N-methyl/N-ethyl adjacent to an activating group) is 1. The van der Waals surface area contributed by atoms with E-state index in [9.17, 15) is 9.90 Å². The van der Waals surface area contributed by atoms with Crippen LogP contribution < -0.4 is 5.32 Å². The normalized spacial score (nSPS) is 17.8. The summed E-state index contributed by atoms with van der Waals surface area (Å²) >= 11 is 0. The number of nitrogens with zero attached hydrogens (tertiary/aromatic N) is 7. The maximum atomic E-state index is 12.4. The summed E-state index contributed by atoms with van der Waals surface area (Å²) in [5.74, 6) is 0.681. The Bertz CT molecular complexity index is 1350. The van der Waals surface area contributed by atoms with Crippen molar-refractivity contribution in [1.29, 1.82) is 0 Å². The van der Waals surface area contributed by atoms with Gasteiger partial charge in [0.15, 0.2) is 11.6 Å². The van der Waals surface area contributed by atoms with Crippen LogP contribution in [0.1, 0.15) is 12.2 Å². The molecule has 4 aromatic heterocycles. The van der Waals surface area contributed by atoms with Crippen molar-refractivity contribution in [2.75, 3.05) is 32.6 Å². The lowest BCUT2D eigenvalue weighted by Crippen LogP contribution is -2.35. The van der Waals surface area contributed by atoms with E-state index in [1.54, 1.807) is 43.2 Å². The molecule has 4 aromatic rings. The predicted molar refractivity (Wildman–Crippen MR) is 124 cm³/mol. The number of amides is 1. The van der Waals surface area contributed by atoms with E-state index < -0.39 is 11.5 Å². The van der Waals surface area contributed by atoms with E-state index in [-0.39, 0.29) is 12.2 Å². The van der Waals surface area contributed by atoms with E-state index in [2.05, 4.69) is 30.5 Å². The summed E-state index contributed by atoms with van der Waals surface area (Å²) in [5, 5.41) is 22.3. The van der Waals surface area contributed by atoms with Gasteiger partial charge in [-0.1, -0.05) is 11.2 Å². The van der Waals surface area contributed by atoms with Crippen LogP contribution in [0.2, 0.25) is 0 Å². The third-order valence-corrected chi connectivity index (χ3v) is 5.76. The van der Waals surface area contributed by atoms with E-state index in [0.717, 1.165) is 0 Å². The number of likely N-dealkylation sites (tertiary alicyclic amines) is 1. The maximum Gasteiger partial charge on any atom is 0.262 e. The van der Waals surface area contributed by atoms with Gasteiger partial charge < -0.3 is 24.6 Å². The summed E-state index contributed by atoms with van der Waals surface area (Å²) in [5.41, 5.74) is 0.412. The van der Waals surface area contributed by atoms with Crippen LogP contribution in [0, 0.1) is 0 Å². The lowest BCUT2D eigenvalue weighted by molar-refractivity contribution is -0.144. The van der Waals surface area contributed by atoms with Crippen molar-refractivity contribution < 1.29 is 19.2 Å². The molecule has 5 rings (SSSR count). The number of rotatable bonds is 8. The van der Waals surface area contributed by atoms with Crippen molar-refractivity contribution in [1.82, 2.24) is 34.8 Å².